The van der Waals surface area contributed by atoms with E-state index in [1.807, 2.05) is 6.92 Å². The molecule has 17 heavy (non-hydrogen) atoms. The van der Waals surface area contributed by atoms with Gasteiger partial charge in [0.05, 0.1) is 6.20 Å². The standard InChI is InChI=1S/C13H9FN2O/c1-9-5-6-10(8-16-9)17-13-4-2-3-12(14)11(13)7-15/h2-6,8H,1H3. The van der Waals surface area contributed by atoms with Gasteiger partial charge in [0.25, 0.3) is 0 Å². The third kappa shape index (κ3) is 2.40. The van der Waals surface area contributed by atoms with Crippen molar-refractivity contribution in [2.45, 2.75) is 6.92 Å². The van der Waals surface area contributed by atoms with Crippen LogP contribution < -0.4 is 4.74 Å². The van der Waals surface area contributed by atoms with Crippen molar-refractivity contribution in [3.63, 3.8) is 0 Å². The Bertz CT molecular complexity index is 573. The molecule has 0 atom stereocenters. The highest BCUT2D eigenvalue weighted by molar-refractivity contribution is 5.45. The molecule has 0 aliphatic heterocycles. The minimum absolute atomic E-state index is 0.104. The smallest absolute Gasteiger partial charge is 0.148 e. The topological polar surface area (TPSA) is 45.9 Å². The predicted octanol–water partition coefficient (Wildman–Crippen LogP) is 3.19. The van der Waals surface area contributed by atoms with Gasteiger partial charge >= 0.3 is 0 Å². The largest absolute Gasteiger partial charge is 0.454 e. The quantitative estimate of drug-likeness (QED) is 0.792. The fourth-order valence-electron chi connectivity index (χ4n) is 1.34. The Labute approximate surface area is 98.1 Å². The van der Waals surface area contributed by atoms with Crippen LogP contribution in [0, 0.1) is 24.1 Å². The Morgan fingerprint density at radius 1 is 1.29 bits per heavy atom. The van der Waals surface area contributed by atoms with Gasteiger partial charge in [0.15, 0.2) is 0 Å². The number of aromatic nitrogens is 1. The van der Waals surface area contributed by atoms with E-state index < -0.39 is 5.82 Å². The molecule has 0 saturated carbocycles. The summed E-state index contributed by atoms with van der Waals surface area (Å²) in [5.41, 5.74) is 0.755. The van der Waals surface area contributed by atoms with E-state index in [-0.39, 0.29) is 11.3 Å². The van der Waals surface area contributed by atoms with Gasteiger partial charge in [0.1, 0.15) is 28.9 Å². The number of nitrogens with zero attached hydrogens (tertiary/aromatic N) is 2. The Hall–Kier alpha value is -2.41. The first-order valence-corrected chi connectivity index (χ1v) is 5.00. The van der Waals surface area contributed by atoms with Crippen LogP contribution in [0.5, 0.6) is 11.5 Å². The summed E-state index contributed by atoms with van der Waals surface area (Å²) >= 11 is 0. The maximum atomic E-state index is 13.3. The molecular formula is C13H9FN2O. The summed E-state index contributed by atoms with van der Waals surface area (Å²) in [7, 11) is 0. The lowest BCUT2D eigenvalue weighted by Crippen LogP contribution is -1.92. The average Bonchev–Trinajstić information content (AvgIpc) is 2.32. The van der Waals surface area contributed by atoms with Crippen molar-refractivity contribution < 1.29 is 9.13 Å². The van der Waals surface area contributed by atoms with Gasteiger partial charge in [0, 0.05) is 5.69 Å². The number of benzene rings is 1. The van der Waals surface area contributed by atoms with Gasteiger partial charge < -0.3 is 4.74 Å². The van der Waals surface area contributed by atoms with Gasteiger partial charge in [-0.1, -0.05) is 6.07 Å². The number of ether oxygens (including phenoxy) is 1. The zero-order valence-electron chi connectivity index (χ0n) is 9.14. The first-order valence-electron chi connectivity index (χ1n) is 5.00. The van der Waals surface area contributed by atoms with Crippen molar-refractivity contribution in [2.75, 3.05) is 0 Å². The van der Waals surface area contributed by atoms with Crippen LogP contribution in [-0.2, 0) is 0 Å². The summed E-state index contributed by atoms with van der Waals surface area (Å²) in [6.07, 6.45) is 1.53. The van der Waals surface area contributed by atoms with Crippen LogP contribution in [0.15, 0.2) is 36.5 Å². The zero-order valence-corrected chi connectivity index (χ0v) is 9.14. The van der Waals surface area contributed by atoms with Crippen LogP contribution in [0.25, 0.3) is 0 Å². The second-order valence-corrected chi connectivity index (χ2v) is 3.46. The number of rotatable bonds is 2. The maximum absolute atomic E-state index is 13.3. The lowest BCUT2D eigenvalue weighted by atomic mass is 10.2. The van der Waals surface area contributed by atoms with Crippen LogP contribution in [0.2, 0.25) is 0 Å². The number of hydrogen-bond acceptors (Lipinski definition) is 3. The number of aryl methyl sites for hydroxylation is 1. The number of hydrogen-bond donors (Lipinski definition) is 0. The van der Waals surface area contributed by atoms with E-state index in [0.717, 1.165) is 5.69 Å². The molecule has 0 N–H and O–H groups in total. The molecule has 0 unspecified atom stereocenters. The molecule has 1 heterocycles. The molecule has 0 fully saturated rings. The highest BCUT2D eigenvalue weighted by atomic mass is 19.1. The number of nitriles is 1. The summed E-state index contributed by atoms with van der Waals surface area (Å²) in [5, 5.41) is 8.84. The molecule has 2 rings (SSSR count). The fourth-order valence-corrected chi connectivity index (χ4v) is 1.34. The Kier molecular flexibility index (Phi) is 3.01. The number of pyridine rings is 1. The summed E-state index contributed by atoms with van der Waals surface area (Å²) in [6.45, 7) is 1.85. The predicted molar refractivity (Wildman–Crippen MR) is 60.2 cm³/mol. The van der Waals surface area contributed by atoms with Gasteiger partial charge in [-0.3, -0.25) is 4.98 Å². The van der Waals surface area contributed by atoms with E-state index in [1.165, 1.54) is 18.3 Å². The highest BCUT2D eigenvalue weighted by Gasteiger charge is 2.09. The number of halogens is 1. The molecule has 0 amide bonds. The monoisotopic (exact) mass is 228 g/mol. The first-order chi connectivity index (χ1) is 8.20. The molecule has 1 aromatic carbocycles. The van der Waals surface area contributed by atoms with E-state index >= 15 is 0 Å². The van der Waals surface area contributed by atoms with E-state index in [1.54, 1.807) is 24.3 Å². The Morgan fingerprint density at radius 3 is 2.76 bits per heavy atom. The lowest BCUT2D eigenvalue weighted by Gasteiger charge is -2.07. The third-order valence-electron chi connectivity index (χ3n) is 2.20. The first kappa shape index (κ1) is 11.1. The third-order valence-corrected chi connectivity index (χ3v) is 2.20. The minimum Gasteiger partial charge on any atom is -0.454 e. The molecule has 0 radical (unpaired) electrons. The summed E-state index contributed by atoms with van der Waals surface area (Å²) < 4.78 is 18.7. The molecule has 0 bridgehead atoms. The van der Waals surface area contributed by atoms with Crippen molar-refractivity contribution in [1.29, 1.82) is 5.26 Å². The van der Waals surface area contributed by atoms with E-state index in [4.69, 9.17) is 10.00 Å². The van der Waals surface area contributed by atoms with Gasteiger partial charge in [-0.2, -0.15) is 5.26 Å². The van der Waals surface area contributed by atoms with E-state index in [2.05, 4.69) is 4.98 Å². The molecule has 1 aromatic heterocycles. The molecule has 0 saturated heterocycles. The molecule has 4 heteroatoms. The summed E-state index contributed by atoms with van der Waals surface area (Å²) in [5.74, 6) is 0.0703. The van der Waals surface area contributed by atoms with E-state index in [9.17, 15) is 4.39 Å². The molecule has 0 spiro atoms. The second kappa shape index (κ2) is 4.62. The van der Waals surface area contributed by atoms with Crippen molar-refractivity contribution in [2.24, 2.45) is 0 Å². The maximum Gasteiger partial charge on any atom is 0.148 e. The molecule has 3 nitrogen and oxygen atoms in total. The lowest BCUT2D eigenvalue weighted by molar-refractivity contribution is 0.472. The van der Waals surface area contributed by atoms with Crippen LogP contribution in [0.3, 0.4) is 0 Å². The van der Waals surface area contributed by atoms with E-state index in [0.29, 0.717) is 5.75 Å². The molecule has 0 aliphatic rings. The zero-order chi connectivity index (χ0) is 12.3. The van der Waals surface area contributed by atoms with Crippen molar-refractivity contribution in [3.8, 4) is 17.6 Å². The van der Waals surface area contributed by atoms with Gasteiger partial charge in [-0.15, -0.1) is 0 Å². The molecule has 2 aromatic rings. The average molecular weight is 228 g/mol. The normalized spacial score (nSPS) is 9.71. The van der Waals surface area contributed by atoms with Crippen LogP contribution >= 0.6 is 0 Å². The van der Waals surface area contributed by atoms with Crippen LogP contribution in [0.1, 0.15) is 11.3 Å². The van der Waals surface area contributed by atoms with Gasteiger partial charge in [0.2, 0.25) is 0 Å². The van der Waals surface area contributed by atoms with Gasteiger partial charge in [-0.05, 0) is 31.2 Å². The Balaban J connectivity index is 2.34. The van der Waals surface area contributed by atoms with Crippen molar-refractivity contribution >= 4 is 0 Å². The van der Waals surface area contributed by atoms with Gasteiger partial charge in [-0.25, -0.2) is 4.39 Å². The minimum atomic E-state index is -0.593. The molecular weight excluding hydrogens is 219 g/mol. The van der Waals surface area contributed by atoms with Crippen LogP contribution in [-0.4, -0.2) is 4.98 Å². The summed E-state index contributed by atoms with van der Waals surface area (Å²) in [6, 6.07) is 9.53. The Morgan fingerprint density at radius 2 is 2.12 bits per heavy atom. The fraction of sp³-hybridized carbons (Fsp3) is 0.0769. The van der Waals surface area contributed by atoms with Crippen LogP contribution in [0.4, 0.5) is 4.39 Å². The van der Waals surface area contributed by atoms with Crippen molar-refractivity contribution in [3.05, 3.63) is 53.6 Å². The second-order valence-electron chi connectivity index (χ2n) is 3.46. The SMILES string of the molecule is Cc1ccc(Oc2cccc(F)c2C#N)cn1. The van der Waals surface area contributed by atoms with Crippen molar-refractivity contribution in [1.82, 2.24) is 4.98 Å². The highest BCUT2D eigenvalue weighted by Crippen LogP contribution is 2.26. The molecule has 84 valence electrons. The summed E-state index contributed by atoms with van der Waals surface area (Å²) in [4.78, 5) is 4.05. The molecule has 0 aliphatic carbocycles.